The van der Waals surface area contributed by atoms with Gasteiger partial charge in [0.25, 0.3) is 5.91 Å². The Labute approximate surface area is 172 Å². The van der Waals surface area contributed by atoms with E-state index in [1.165, 1.54) is 52.4 Å². The van der Waals surface area contributed by atoms with Crippen LogP contribution in [-0.4, -0.2) is 23.8 Å². The first-order valence-corrected chi connectivity index (χ1v) is 10.7. The van der Waals surface area contributed by atoms with E-state index in [0.29, 0.717) is 16.9 Å². The molecule has 0 aromatic heterocycles. The molecule has 0 heterocycles. The van der Waals surface area contributed by atoms with Gasteiger partial charge in [-0.1, -0.05) is 0 Å². The average Bonchev–Trinajstić information content (AvgIpc) is 2.59. The van der Waals surface area contributed by atoms with Gasteiger partial charge in [-0.15, -0.1) is 0 Å². The van der Waals surface area contributed by atoms with E-state index in [2.05, 4.69) is 22.9 Å². The van der Waals surface area contributed by atoms with Crippen molar-refractivity contribution < 1.29 is 14.4 Å². The third kappa shape index (κ3) is 4.16. The van der Waals surface area contributed by atoms with Crippen molar-refractivity contribution in [1.82, 2.24) is 5.32 Å². The molecule has 0 aliphatic heterocycles. The summed E-state index contributed by atoms with van der Waals surface area (Å²) >= 11 is 0. The second-order valence-electron chi connectivity index (χ2n) is 9.64. The highest BCUT2D eigenvalue weighted by Gasteiger charge is 2.53. The molecule has 4 aliphatic carbocycles. The molecule has 3 amide bonds. The molecule has 0 spiro atoms. The van der Waals surface area contributed by atoms with Crippen molar-refractivity contribution in [1.29, 1.82) is 0 Å². The van der Waals surface area contributed by atoms with E-state index < -0.39 is 0 Å². The van der Waals surface area contributed by atoms with Crippen LogP contribution in [-0.2, 0) is 9.59 Å². The number of hydrogen-bond donors (Lipinski definition) is 3. The van der Waals surface area contributed by atoms with Crippen LogP contribution in [0.1, 0.15) is 69.7 Å². The zero-order valence-electron chi connectivity index (χ0n) is 17.5. The number of anilines is 2. The second-order valence-corrected chi connectivity index (χ2v) is 9.64. The third-order valence-corrected chi connectivity index (χ3v) is 7.19. The van der Waals surface area contributed by atoms with Crippen LogP contribution < -0.4 is 16.0 Å². The van der Waals surface area contributed by atoms with Crippen LogP contribution in [0, 0.1) is 23.2 Å². The third-order valence-electron chi connectivity index (χ3n) is 7.19. The summed E-state index contributed by atoms with van der Waals surface area (Å²) in [5, 5.41) is 8.66. The van der Waals surface area contributed by atoms with Gasteiger partial charge in [0.1, 0.15) is 0 Å². The van der Waals surface area contributed by atoms with E-state index in [1.807, 2.05) is 0 Å². The second kappa shape index (κ2) is 7.47. The Hall–Kier alpha value is -2.37. The summed E-state index contributed by atoms with van der Waals surface area (Å²) in [7, 11) is 0. The van der Waals surface area contributed by atoms with E-state index in [0.717, 1.165) is 17.8 Å². The number of carbonyl (C=O) groups is 3. The molecule has 4 saturated carbocycles. The highest BCUT2D eigenvalue weighted by molar-refractivity contribution is 6.00. The molecule has 0 unspecified atom stereocenters. The number of amides is 3. The van der Waals surface area contributed by atoms with Gasteiger partial charge < -0.3 is 16.0 Å². The zero-order chi connectivity index (χ0) is 20.8. The maximum Gasteiger partial charge on any atom is 0.251 e. The van der Waals surface area contributed by atoms with E-state index in [4.69, 9.17) is 0 Å². The lowest BCUT2D eigenvalue weighted by Gasteiger charge is -2.59. The average molecular weight is 398 g/mol. The van der Waals surface area contributed by atoms with Crippen molar-refractivity contribution in [3.05, 3.63) is 23.8 Å². The van der Waals surface area contributed by atoms with Crippen LogP contribution >= 0.6 is 0 Å². The molecule has 4 fully saturated rings. The lowest BCUT2D eigenvalue weighted by molar-refractivity contribution is -0.115. The number of carbonyl (C=O) groups excluding carboxylic acids is 3. The topological polar surface area (TPSA) is 87.3 Å². The van der Waals surface area contributed by atoms with Crippen molar-refractivity contribution >= 4 is 29.1 Å². The van der Waals surface area contributed by atoms with Gasteiger partial charge in [-0.05, 0) is 86.8 Å². The Kier molecular flexibility index (Phi) is 5.13. The molecular weight excluding hydrogens is 366 g/mol. The summed E-state index contributed by atoms with van der Waals surface area (Å²) in [5.41, 5.74) is 1.66. The first-order valence-electron chi connectivity index (χ1n) is 10.7. The molecule has 0 radical (unpaired) electrons. The molecule has 6 nitrogen and oxygen atoms in total. The number of nitrogens with one attached hydrogen (secondary N) is 3. The Morgan fingerprint density at radius 1 is 0.862 bits per heavy atom. The van der Waals surface area contributed by atoms with Crippen molar-refractivity contribution in [2.45, 2.75) is 65.3 Å². The summed E-state index contributed by atoms with van der Waals surface area (Å²) in [6.45, 7) is 4.98. The monoisotopic (exact) mass is 397 g/mol. The summed E-state index contributed by atoms with van der Waals surface area (Å²) in [5.74, 6) is 1.88. The summed E-state index contributed by atoms with van der Waals surface area (Å²) < 4.78 is 0. The molecule has 1 aromatic carbocycles. The molecule has 4 bridgehead atoms. The van der Waals surface area contributed by atoms with Crippen molar-refractivity contribution in [2.75, 3.05) is 10.6 Å². The summed E-state index contributed by atoms with van der Waals surface area (Å²) in [6.07, 6.45) is 7.80. The van der Waals surface area contributed by atoms with Gasteiger partial charge in [-0.3, -0.25) is 14.4 Å². The molecule has 156 valence electrons. The predicted octanol–water partition coefficient (Wildman–Crippen LogP) is 3.94. The van der Waals surface area contributed by atoms with Gasteiger partial charge in [-0.25, -0.2) is 0 Å². The van der Waals surface area contributed by atoms with E-state index >= 15 is 0 Å². The summed E-state index contributed by atoms with van der Waals surface area (Å²) in [6, 6.07) is 5.09. The van der Waals surface area contributed by atoms with Crippen LogP contribution in [0.2, 0.25) is 0 Å². The van der Waals surface area contributed by atoms with Gasteiger partial charge >= 0.3 is 0 Å². The van der Waals surface area contributed by atoms with Crippen molar-refractivity contribution in [2.24, 2.45) is 23.2 Å². The Bertz CT molecular complexity index is 778. The van der Waals surface area contributed by atoms with Gasteiger partial charge in [0, 0.05) is 36.8 Å². The Balaban J connectivity index is 1.53. The number of benzene rings is 1. The first kappa shape index (κ1) is 19.9. The smallest absolute Gasteiger partial charge is 0.251 e. The van der Waals surface area contributed by atoms with Crippen LogP contribution in [0.15, 0.2) is 18.2 Å². The minimum Gasteiger partial charge on any atom is -0.349 e. The van der Waals surface area contributed by atoms with Crippen LogP contribution in [0.25, 0.3) is 0 Å². The molecular formula is C23H31N3O3. The van der Waals surface area contributed by atoms with Gasteiger partial charge in [-0.2, -0.15) is 0 Å². The molecule has 6 heteroatoms. The van der Waals surface area contributed by atoms with Crippen molar-refractivity contribution in [3.8, 4) is 0 Å². The Morgan fingerprint density at radius 3 is 1.72 bits per heavy atom. The molecule has 29 heavy (non-hydrogen) atoms. The van der Waals surface area contributed by atoms with E-state index in [9.17, 15) is 14.4 Å². The fourth-order valence-corrected chi connectivity index (χ4v) is 6.45. The molecule has 4 aliphatic rings. The number of hydrogen-bond acceptors (Lipinski definition) is 3. The standard InChI is InChI=1S/C23H31N3O3/c1-13(23-10-16-4-17(11-23)6-18(5-16)12-23)24-22(29)19-7-20(25-14(2)27)9-21(8-19)26-15(3)28/h7-9,13,16-18H,4-6,10-12H2,1-3H3,(H,24,29)(H,25,27)(H,26,28)/t13-,16?,17?,18?,23?/m1/s1. The minimum absolute atomic E-state index is 0.108. The normalized spacial score (nSPS) is 30.5. The lowest BCUT2D eigenvalue weighted by Crippen LogP contribution is -2.55. The largest absolute Gasteiger partial charge is 0.349 e. The van der Waals surface area contributed by atoms with E-state index in [1.54, 1.807) is 18.2 Å². The highest BCUT2D eigenvalue weighted by atomic mass is 16.2. The predicted molar refractivity (Wildman–Crippen MR) is 113 cm³/mol. The first-order chi connectivity index (χ1) is 13.7. The molecule has 5 rings (SSSR count). The highest BCUT2D eigenvalue weighted by Crippen LogP contribution is 2.61. The van der Waals surface area contributed by atoms with Gasteiger partial charge in [0.05, 0.1) is 0 Å². The maximum atomic E-state index is 13.1. The Morgan fingerprint density at radius 2 is 1.31 bits per heavy atom. The van der Waals surface area contributed by atoms with Crippen molar-refractivity contribution in [3.63, 3.8) is 0 Å². The SMILES string of the molecule is CC(=O)Nc1cc(NC(C)=O)cc(C(=O)N[C@H](C)C23CC4CC(CC(C4)C2)C3)c1. The maximum absolute atomic E-state index is 13.1. The quantitative estimate of drug-likeness (QED) is 0.703. The van der Waals surface area contributed by atoms with Crippen LogP contribution in [0.4, 0.5) is 11.4 Å². The molecule has 1 atom stereocenters. The fourth-order valence-electron chi connectivity index (χ4n) is 6.45. The van der Waals surface area contributed by atoms with Gasteiger partial charge in [0.2, 0.25) is 11.8 Å². The molecule has 1 aromatic rings. The van der Waals surface area contributed by atoms with Gasteiger partial charge in [0.15, 0.2) is 0 Å². The van der Waals surface area contributed by atoms with E-state index in [-0.39, 0.29) is 29.2 Å². The number of rotatable bonds is 5. The van der Waals surface area contributed by atoms with Crippen LogP contribution in [0.5, 0.6) is 0 Å². The zero-order valence-corrected chi connectivity index (χ0v) is 17.5. The molecule has 3 N–H and O–H groups in total. The van der Waals surface area contributed by atoms with Crippen LogP contribution in [0.3, 0.4) is 0 Å². The fraction of sp³-hybridized carbons (Fsp3) is 0.609. The summed E-state index contributed by atoms with van der Waals surface area (Å²) in [4.78, 5) is 36.0. The lowest BCUT2D eigenvalue weighted by atomic mass is 9.48. The minimum atomic E-state index is -0.224. The molecule has 0 saturated heterocycles.